The van der Waals surface area contributed by atoms with Crippen molar-refractivity contribution in [1.29, 1.82) is 0 Å². The van der Waals surface area contributed by atoms with Gasteiger partial charge in [-0.15, -0.1) is 0 Å². The van der Waals surface area contributed by atoms with Crippen molar-refractivity contribution in [2.75, 3.05) is 5.73 Å². The molecule has 3 nitrogen and oxygen atoms in total. The number of nitrogens with zero attached hydrogens (tertiary/aromatic N) is 2. The molecule has 0 unspecified atom stereocenters. The van der Waals surface area contributed by atoms with E-state index in [2.05, 4.69) is 5.10 Å². The molecule has 0 radical (unpaired) electrons. The first-order chi connectivity index (χ1) is 6.65. The van der Waals surface area contributed by atoms with E-state index >= 15 is 0 Å². The van der Waals surface area contributed by atoms with Crippen LogP contribution in [0.4, 0.5) is 10.1 Å². The molecule has 0 aliphatic heterocycles. The number of halogens is 1. The highest BCUT2D eigenvalue weighted by molar-refractivity contribution is 5.47. The molecule has 0 bridgehead atoms. The van der Waals surface area contributed by atoms with Crippen LogP contribution in [-0.4, -0.2) is 9.78 Å². The molecule has 1 aromatic carbocycles. The number of nitrogens with two attached hydrogens (primary N) is 1. The fraction of sp³-hybridized carbons (Fsp3) is 0.100. The molecule has 1 aromatic heterocycles. The summed E-state index contributed by atoms with van der Waals surface area (Å²) in [6.07, 6.45) is 1.77. The van der Waals surface area contributed by atoms with Crippen molar-refractivity contribution >= 4 is 5.69 Å². The van der Waals surface area contributed by atoms with Gasteiger partial charge in [0, 0.05) is 11.9 Å². The molecular weight excluding hydrogens is 181 g/mol. The van der Waals surface area contributed by atoms with Crippen LogP contribution in [0.2, 0.25) is 0 Å². The molecule has 0 spiro atoms. The van der Waals surface area contributed by atoms with Crippen molar-refractivity contribution in [2.24, 2.45) is 0 Å². The second kappa shape index (κ2) is 3.14. The molecule has 0 saturated heterocycles. The molecule has 14 heavy (non-hydrogen) atoms. The highest BCUT2D eigenvalue weighted by atomic mass is 19.1. The first kappa shape index (κ1) is 8.74. The first-order valence-electron chi connectivity index (χ1n) is 4.24. The molecule has 2 aromatic rings. The summed E-state index contributed by atoms with van der Waals surface area (Å²) in [5, 5.41) is 4.16. The number of rotatable bonds is 1. The van der Waals surface area contributed by atoms with Crippen LogP contribution in [0.1, 0.15) is 5.69 Å². The largest absolute Gasteiger partial charge is 0.399 e. The highest BCUT2D eigenvalue weighted by Gasteiger charge is 2.01. The van der Waals surface area contributed by atoms with Crippen molar-refractivity contribution in [3.63, 3.8) is 0 Å². The van der Waals surface area contributed by atoms with Crippen molar-refractivity contribution in [3.8, 4) is 5.69 Å². The summed E-state index contributed by atoms with van der Waals surface area (Å²) in [5.41, 5.74) is 7.44. The number of anilines is 1. The third-order valence-electron chi connectivity index (χ3n) is 1.89. The Morgan fingerprint density at radius 2 is 2.14 bits per heavy atom. The molecule has 0 amide bonds. The summed E-state index contributed by atoms with van der Waals surface area (Å²) in [6, 6.07) is 6.19. The van der Waals surface area contributed by atoms with Crippen molar-refractivity contribution in [1.82, 2.24) is 9.78 Å². The summed E-state index contributed by atoms with van der Waals surface area (Å²) >= 11 is 0. The highest BCUT2D eigenvalue weighted by Crippen LogP contribution is 2.14. The number of aryl methyl sites for hydroxylation is 1. The molecule has 0 saturated carbocycles. The molecule has 0 atom stereocenters. The fourth-order valence-electron chi connectivity index (χ4n) is 1.29. The predicted molar refractivity (Wildman–Crippen MR) is 52.7 cm³/mol. The average molecular weight is 191 g/mol. The molecule has 2 rings (SSSR count). The van der Waals surface area contributed by atoms with Gasteiger partial charge >= 0.3 is 0 Å². The van der Waals surface area contributed by atoms with Crippen LogP contribution in [0.3, 0.4) is 0 Å². The van der Waals surface area contributed by atoms with Gasteiger partial charge in [-0.25, -0.2) is 9.07 Å². The van der Waals surface area contributed by atoms with Gasteiger partial charge < -0.3 is 5.73 Å². The first-order valence-corrected chi connectivity index (χ1v) is 4.24. The van der Waals surface area contributed by atoms with E-state index in [4.69, 9.17) is 5.73 Å². The van der Waals surface area contributed by atoms with Crippen molar-refractivity contribution in [3.05, 3.63) is 42.0 Å². The topological polar surface area (TPSA) is 43.8 Å². The Morgan fingerprint density at radius 3 is 2.71 bits per heavy atom. The lowest BCUT2D eigenvalue weighted by Gasteiger charge is -2.02. The van der Waals surface area contributed by atoms with Crippen molar-refractivity contribution in [2.45, 2.75) is 6.92 Å². The van der Waals surface area contributed by atoms with Crippen LogP contribution in [0, 0.1) is 12.7 Å². The van der Waals surface area contributed by atoms with Gasteiger partial charge in [-0.1, -0.05) is 0 Å². The van der Waals surface area contributed by atoms with Gasteiger partial charge in [0.2, 0.25) is 0 Å². The Morgan fingerprint density at radius 1 is 1.36 bits per heavy atom. The molecule has 0 fully saturated rings. The fourth-order valence-corrected chi connectivity index (χ4v) is 1.29. The number of nitrogen functional groups attached to an aromatic ring is 1. The third kappa shape index (κ3) is 1.59. The van der Waals surface area contributed by atoms with E-state index in [0.717, 1.165) is 5.69 Å². The normalized spacial score (nSPS) is 10.4. The Labute approximate surface area is 81.0 Å². The van der Waals surface area contributed by atoms with E-state index in [-0.39, 0.29) is 5.82 Å². The van der Waals surface area contributed by atoms with Crippen LogP contribution >= 0.6 is 0 Å². The van der Waals surface area contributed by atoms with E-state index in [1.807, 2.05) is 13.0 Å². The summed E-state index contributed by atoms with van der Waals surface area (Å²) in [6.45, 7) is 1.87. The maximum Gasteiger partial charge on any atom is 0.127 e. The van der Waals surface area contributed by atoms with E-state index in [0.29, 0.717) is 11.4 Å². The van der Waals surface area contributed by atoms with Crippen LogP contribution in [0.5, 0.6) is 0 Å². The number of benzene rings is 1. The molecular formula is C10H10FN3. The minimum atomic E-state index is -0.354. The lowest BCUT2D eigenvalue weighted by molar-refractivity contribution is 0.626. The van der Waals surface area contributed by atoms with Gasteiger partial charge in [0.25, 0.3) is 0 Å². The maximum atomic E-state index is 13.0. The van der Waals surface area contributed by atoms with Gasteiger partial charge in [-0.05, 0) is 31.2 Å². The van der Waals surface area contributed by atoms with Gasteiger partial charge in [-0.3, -0.25) is 0 Å². The Balaban J connectivity index is 2.51. The summed E-state index contributed by atoms with van der Waals surface area (Å²) in [7, 11) is 0. The maximum absolute atomic E-state index is 13.0. The molecule has 0 aliphatic rings. The second-order valence-corrected chi connectivity index (χ2v) is 3.14. The Kier molecular flexibility index (Phi) is 1.96. The van der Waals surface area contributed by atoms with E-state index in [1.54, 1.807) is 16.9 Å². The number of hydrogen-bond acceptors (Lipinski definition) is 2. The summed E-state index contributed by atoms with van der Waals surface area (Å²) < 4.78 is 14.6. The van der Waals surface area contributed by atoms with Gasteiger partial charge in [-0.2, -0.15) is 5.10 Å². The number of aromatic nitrogens is 2. The van der Waals surface area contributed by atoms with Gasteiger partial charge in [0.1, 0.15) is 5.82 Å². The van der Waals surface area contributed by atoms with E-state index in [1.165, 1.54) is 12.1 Å². The molecule has 72 valence electrons. The summed E-state index contributed by atoms with van der Waals surface area (Å²) in [4.78, 5) is 0. The Hall–Kier alpha value is -1.84. The zero-order valence-electron chi connectivity index (χ0n) is 7.74. The zero-order chi connectivity index (χ0) is 10.1. The second-order valence-electron chi connectivity index (χ2n) is 3.14. The average Bonchev–Trinajstić information content (AvgIpc) is 2.50. The molecule has 0 aliphatic carbocycles. The van der Waals surface area contributed by atoms with Gasteiger partial charge in [0.05, 0.1) is 11.4 Å². The minimum Gasteiger partial charge on any atom is -0.399 e. The van der Waals surface area contributed by atoms with E-state index < -0.39 is 0 Å². The van der Waals surface area contributed by atoms with E-state index in [9.17, 15) is 4.39 Å². The lowest BCUT2D eigenvalue weighted by atomic mass is 10.3. The predicted octanol–water partition coefficient (Wildman–Crippen LogP) is 1.90. The van der Waals surface area contributed by atoms with Gasteiger partial charge in [0.15, 0.2) is 0 Å². The zero-order valence-corrected chi connectivity index (χ0v) is 7.74. The SMILES string of the molecule is Cc1ccn(-c2cc(N)cc(F)c2)n1. The molecule has 4 heteroatoms. The Bertz CT molecular complexity index is 442. The van der Waals surface area contributed by atoms with Crippen LogP contribution in [-0.2, 0) is 0 Å². The lowest BCUT2D eigenvalue weighted by Crippen LogP contribution is -1.97. The van der Waals surface area contributed by atoms with Crippen LogP contribution < -0.4 is 5.73 Å². The quantitative estimate of drug-likeness (QED) is 0.699. The third-order valence-corrected chi connectivity index (χ3v) is 1.89. The number of hydrogen-bond donors (Lipinski definition) is 1. The monoisotopic (exact) mass is 191 g/mol. The molecule has 1 heterocycles. The molecule has 2 N–H and O–H groups in total. The standard InChI is InChI=1S/C10H10FN3/c1-7-2-3-14(13-7)10-5-8(11)4-9(12)6-10/h2-6H,12H2,1H3. The minimum absolute atomic E-state index is 0.354. The van der Waals surface area contributed by atoms with Crippen LogP contribution in [0.25, 0.3) is 5.69 Å². The smallest absolute Gasteiger partial charge is 0.127 e. The van der Waals surface area contributed by atoms with Crippen LogP contribution in [0.15, 0.2) is 30.5 Å². The van der Waals surface area contributed by atoms with Crippen molar-refractivity contribution < 1.29 is 4.39 Å². The summed E-state index contributed by atoms with van der Waals surface area (Å²) in [5.74, 6) is -0.354.